The highest BCUT2D eigenvalue weighted by Crippen LogP contribution is 2.34. The molecule has 1 aliphatic carbocycles. The first kappa shape index (κ1) is 48.3. The largest absolute Gasteiger partial charge is 0.483 e. The molecule has 18 nitrogen and oxygen atoms in total. The fourth-order valence-corrected chi connectivity index (χ4v) is 8.73. The number of rotatable bonds is 20. The molecule has 360 valence electrons. The van der Waals surface area contributed by atoms with Gasteiger partial charge in [-0.3, -0.25) is 39.1 Å². The van der Waals surface area contributed by atoms with Gasteiger partial charge < -0.3 is 30.2 Å². The number of ether oxygens (including phenoxy) is 3. The lowest BCUT2D eigenvalue weighted by Gasteiger charge is -2.37. The number of urea groups is 1. The van der Waals surface area contributed by atoms with Crippen LogP contribution in [0.1, 0.15) is 83.2 Å². The van der Waals surface area contributed by atoms with E-state index in [9.17, 15) is 28.8 Å². The summed E-state index contributed by atoms with van der Waals surface area (Å²) >= 11 is 0. The topological polar surface area (TPSA) is 234 Å². The van der Waals surface area contributed by atoms with Crippen molar-refractivity contribution in [2.24, 2.45) is 0 Å². The van der Waals surface area contributed by atoms with Gasteiger partial charge in [0.1, 0.15) is 30.3 Å². The zero-order valence-corrected chi connectivity index (χ0v) is 38.4. The normalized spacial score (nSPS) is 17.5. The van der Waals surface area contributed by atoms with Crippen molar-refractivity contribution in [2.45, 2.75) is 76.0 Å². The molecule has 2 fully saturated rings. The standard InChI is InChI=1S/C52H53N9O9/c53-30-35-11-21-44(56-32-35)58-38-14-18-40(19-15-38)60(52(67)57-31-34-7-2-1-3-8-34)39-16-12-36(13-17-39)37-23-25-55-47(29-37)69-28-27-68-26-5-4-24-54-46(63)33-70-43-10-6-9-41-48(43)51(66)61(50(41)65)42-20-22-45(62)59-49(42)64/h1-3,6-13,16-17,21,23,25,29,32,38,40,42H,4-5,14-15,18-20,22,24,26-28,31,33H2,(H,54,63)(H,56,58)(H,57,67)(H,59,62,64). The molecular weight excluding hydrogens is 895 g/mol. The van der Waals surface area contributed by atoms with E-state index in [-0.39, 0.29) is 61.0 Å². The van der Waals surface area contributed by atoms with Gasteiger partial charge in [0.25, 0.3) is 17.7 Å². The Kier molecular flexibility index (Phi) is 16.0. The van der Waals surface area contributed by atoms with Gasteiger partial charge in [-0.1, -0.05) is 48.5 Å². The molecule has 70 heavy (non-hydrogen) atoms. The molecule has 1 unspecified atom stereocenters. The molecule has 1 saturated heterocycles. The Morgan fingerprint density at radius 3 is 2.37 bits per heavy atom. The van der Waals surface area contributed by atoms with Crippen LogP contribution in [0.15, 0.2) is 109 Å². The number of fused-ring (bicyclic) bond motifs is 1. The number of pyridine rings is 2. The van der Waals surface area contributed by atoms with Crippen molar-refractivity contribution in [3.05, 3.63) is 132 Å². The van der Waals surface area contributed by atoms with Gasteiger partial charge in [-0.15, -0.1) is 0 Å². The number of nitrogens with zero attached hydrogens (tertiary/aromatic N) is 5. The van der Waals surface area contributed by atoms with E-state index in [1.165, 1.54) is 18.2 Å². The van der Waals surface area contributed by atoms with Crippen LogP contribution in [-0.4, -0.2) is 102 Å². The second-order valence-corrected chi connectivity index (χ2v) is 17.1. The lowest BCUT2D eigenvalue weighted by Crippen LogP contribution is -2.54. The molecule has 0 spiro atoms. The van der Waals surface area contributed by atoms with Gasteiger partial charge in [0, 0.05) is 62.3 Å². The summed E-state index contributed by atoms with van der Waals surface area (Å²) in [6.45, 7) is 1.44. The lowest BCUT2D eigenvalue weighted by atomic mass is 9.89. The second-order valence-electron chi connectivity index (χ2n) is 17.1. The molecule has 0 radical (unpaired) electrons. The van der Waals surface area contributed by atoms with Gasteiger partial charge in [0.05, 0.1) is 23.3 Å². The molecule has 7 amide bonds. The van der Waals surface area contributed by atoms with Crippen LogP contribution in [-0.2, 0) is 25.7 Å². The van der Waals surface area contributed by atoms with Crippen LogP contribution in [0, 0.1) is 11.3 Å². The minimum absolute atomic E-state index is 0.00603. The molecule has 5 aromatic rings. The number of aromatic nitrogens is 2. The molecule has 0 bridgehead atoms. The highest BCUT2D eigenvalue weighted by atomic mass is 16.5. The van der Waals surface area contributed by atoms with E-state index in [4.69, 9.17) is 19.5 Å². The number of anilines is 2. The number of hydrogen-bond acceptors (Lipinski definition) is 13. The molecule has 2 aromatic heterocycles. The Labute approximate surface area is 404 Å². The van der Waals surface area contributed by atoms with Gasteiger partial charge in [-0.2, -0.15) is 5.26 Å². The third-order valence-corrected chi connectivity index (χ3v) is 12.3. The summed E-state index contributed by atoms with van der Waals surface area (Å²) in [7, 11) is 0. The molecule has 1 saturated carbocycles. The maximum absolute atomic E-state index is 13.9. The fraction of sp³-hybridized carbons (Fsp3) is 0.327. The number of carbonyl (C=O) groups is 6. The molecular formula is C52H53N9O9. The maximum Gasteiger partial charge on any atom is 0.322 e. The highest BCUT2D eigenvalue weighted by molar-refractivity contribution is 6.24. The Bertz CT molecular complexity index is 2720. The van der Waals surface area contributed by atoms with Crippen LogP contribution in [0.25, 0.3) is 11.1 Å². The van der Waals surface area contributed by atoms with Gasteiger partial charge in [-0.05, 0) is 104 Å². The molecule has 18 heteroatoms. The second kappa shape index (κ2) is 23.2. The van der Waals surface area contributed by atoms with Crippen molar-refractivity contribution >= 4 is 47.1 Å². The van der Waals surface area contributed by atoms with Gasteiger partial charge in [0.2, 0.25) is 17.7 Å². The fourth-order valence-electron chi connectivity index (χ4n) is 8.73. The molecule has 3 aromatic carbocycles. The quantitative estimate of drug-likeness (QED) is 0.0524. The van der Waals surface area contributed by atoms with Crippen molar-refractivity contribution in [3.8, 4) is 28.8 Å². The lowest BCUT2D eigenvalue weighted by molar-refractivity contribution is -0.136. The van der Waals surface area contributed by atoms with Crippen LogP contribution in [0.2, 0.25) is 0 Å². The monoisotopic (exact) mass is 947 g/mol. The molecule has 1 atom stereocenters. The minimum atomic E-state index is -1.11. The third-order valence-electron chi connectivity index (χ3n) is 12.3. The molecule has 4 heterocycles. The van der Waals surface area contributed by atoms with E-state index in [0.29, 0.717) is 50.6 Å². The number of hydrogen-bond donors (Lipinski definition) is 4. The molecule has 8 rings (SSSR count). The van der Waals surface area contributed by atoms with E-state index in [1.54, 1.807) is 18.5 Å². The van der Waals surface area contributed by atoms with E-state index in [1.807, 2.05) is 77.7 Å². The summed E-state index contributed by atoms with van der Waals surface area (Å²) in [6, 6.07) is 30.6. The first-order valence-electron chi connectivity index (χ1n) is 23.4. The zero-order valence-electron chi connectivity index (χ0n) is 38.4. The van der Waals surface area contributed by atoms with Crippen LogP contribution < -0.4 is 35.6 Å². The summed E-state index contributed by atoms with van der Waals surface area (Å²) in [5, 5.41) is 20.7. The number of nitrogens with one attached hydrogen (secondary N) is 4. The van der Waals surface area contributed by atoms with Crippen molar-refractivity contribution in [1.29, 1.82) is 5.26 Å². The van der Waals surface area contributed by atoms with E-state index in [2.05, 4.69) is 37.3 Å². The zero-order chi connectivity index (χ0) is 48.8. The van der Waals surface area contributed by atoms with Crippen LogP contribution in [0.5, 0.6) is 11.6 Å². The molecule has 3 aliphatic rings. The summed E-state index contributed by atoms with van der Waals surface area (Å²) in [5.41, 5.74) is 4.21. The predicted molar refractivity (Wildman–Crippen MR) is 257 cm³/mol. The first-order valence-corrected chi connectivity index (χ1v) is 23.4. The van der Waals surface area contributed by atoms with E-state index < -0.39 is 35.6 Å². The Morgan fingerprint density at radius 2 is 1.61 bits per heavy atom. The van der Waals surface area contributed by atoms with Crippen LogP contribution in [0.4, 0.5) is 16.3 Å². The smallest absolute Gasteiger partial charge is 0.322 e. The molecule has 2 aliphatic heterocycles. The maximum atomic E-state index is 13.9. The van der Waals surface area contributed by atoms with Gasteiger partial charge in [-0.25, -0.2) is 14.8 Å². The average molecular weight is 948 g/mol. The van der Waals surface area contributed by atoms with E-state index >= 15 is 0 Å². The van der Waals surface area contributed by atoms with Gasteiger partial charge in [0.15, 0.2) is 6.61 Å². The number of nitriles is 1. The van der Waals surface area contributed by atoms with Crippen molar-refractivity contribution in [3.63, 3.8) is 0 Å². The Morgan fingerprint density at radius 1 is 0.800 bits per heavy atom. The predicted octanol–water partition coefficient (Wildman–Crippen LogP) is 5.93. The third kappa shape index (κ3) is 12.1. The number of piperidine rings is 1. The summed E-state index contributed by atoms with van der Waals surface area (Å²) in [4.78, 5) is 88.3. The number of unbranched alkanes of at least 4 members (excludes halogenated alkanes) is 1. The number of benzene rings is 3. The van der Waals surface area contributed by atoms with E-state index in [0.717, 1.165) is 58.8 Å². The molecule has 4 N–H and O–H groups in total. The first-order chi connectivity index (χ1) is 34.1. The van der Waals surface area contributed by atoms with Crippen molar-refractivity contribution in [2.75, 3.05) is 43.2 Å². The Balaban J connectivity index is 0.753. The van der Waals surface area contributed by atoms with Crippen molar-refractivity contribution in [1.82, 2.24) is 30.8 Å². The van der Waals surface area contributed by atoms with Crippen LogP contribution in [0.3, 0.4) is 0 Å². The number of imide groups is 2. The summed E-state index contributed by atoms with van der Waals surface area (Å²) in [6.07, 6.45) is 7.89. The SMILES string of the molecule is N#Cc1ccc(NC2CCC(N(C(=O)NCc3ccccc3)c3ccc(-c4ccnc(OCCOCCCCNC(=O)COc5cccc6c5C(=O)N(C5CCC(=O)NC5=O)C6=O)c4)cc3)CC2)nc1. The van der Waals surface area contributed by atoms with Gasteiger partial charge >= 0.3 is 6.03 Å². The minimum Gasteiger partial charge on any atom is -0.483 e. The number of carbonyl (C=O) groups excluding carboxylic acids is 6. The van der Waals surface area contributed by atoms with Crippen LogP contribution >= 0.6 is 0 Å². The number of amides is 7. The Hall–Kier alpha value is -8.17. The highest BCUT2D eigenvalue weighted by Gasteiger charge is 2.46. The summed E-state index contributed by atoms with van der Waals surface area (Å²) < 4.78 is 17.3. The van der Waals surface area contributed by atoms with Crippen molar-refractivity contribution < 1.29 is 43.0 Å². The average Bonchev–Trinajstić information content (AvgIpc) is 3.64. The summed E-state index contributed by atoms with van der Waals surface area (Å²) in [5.74, 6) is -1.73.